The molecular formula is C7H9Cl3O2. The van der Waals surface area contributed by atoms with E-state index < -0.39 is 15.5 Å². The predicted octanol–water partition coefficient (Wildman–Crippen LogP) is 2.54. The van der Waals surface area contributed by atoms with Crippen molar-refractivity contribution in [2.45, 2.75) is 24.1 Å². The van der Waals surface area contributed by atoms with Crippen molar-refractivity contribution in [3.8, 4) is 0 Å². The van der Waals surface area contributed by atoms with E-state index in [0.29, 0.717) is 0 Å². The van der Waals surface area contributed by atoms with Crippen molar-refractivity contribution in [1.29, 1.82) is 0 Å². The predicted molar refractivity (Wildman–Crippen MR) is 49.8 cm³/mol. The summed E-state index contributed by atoms with van der Waals surface area (Å²) in [6.07, 6.45) is 0.271. The van der Waals surface area contributed by atoms with Crippen LogP contribution in [0.15, 0.2) is 0 Å². The Morgan fingerprint density at radius 2 is 1.75 bits per heavy atom. The highest BCUT2D eigenvalue weighted by molar-refractivity contribution is 6.76. The Bertz CT molecular complexity index is 195. The topological polar surface area (TPSA) is 34.1 Å². The van der Waals surface area contributed by atoms with Gasteiger partial charge in [0, 0.05) is 6.42 Å². The van der Waals surface area contributed by atoms with Gasteiger partial charge in [0.25, 0.3) is 0 Å². The van der Waals surface area contributed by atoms with Crippen LogP contribution in [0.25, 0.3) is 0 Å². The van der Waals surface area contributed by atoms with Gasteiger partial charge in [-0.25, -0.2) is 0 Å². The van der Waals surface area contributed by atoms with Crippen molar-refractivity contribution in [2.24, 2.45) is 5.92 Å². The van der Waals surface area contributed by atoms with Crippen LogP contribution in [0.1, 0.15) is 20.3 Å². The van der Waals surface area contributed by atoms with Crippen molar-refractivity contribution in [3.05, 3.63) is 0 Å². The number of halogens is 3. The van der Waals surface area contributed by atoms with E-state index in [-0.39, 0.29) is 12.2 Å². The fourth-order valence-electron chi connectivity index (χ4n) is 0.698. The van der Waals surface area contributed by atoms with Gasteiger partial charge in [-0.1, -0.05) is 41.7 Å². The Balaban J connectivity index is 4.41. The van der Waals surface area contributed by atoms with Crippen LogP contribution in [0.3, 0.4) is 0 Å². The van der Waals surface area contributed by atoms with Gasteiger partial charge in [-0.3, -0.25) is 9.59 Å². The van der Waals surface area contributed by atoms with E-state index in [2.05, 4.69) is 0 Å². The Morgan fingerprint density at radius 1 is 1.33 bits per heavy atom. The van der Waals surface area contributed by atoms with Gasteiger partial charge >= 0.3 is 0 Å². The van der Waals surface area contributed by atoms with E-state index in [1.807, 2.05) is 0 Å². The Labute approximate surface area is 86.2 Å². The molecule has 0 rings (SSSR count). The van der Waals surface area contributed by atoms with Gasteiger partial charge < -0.3 is 0 Å². The SMILES string of the molecule is CCC(=O)C(C)C(=O)C(Cl)(Cl)Cl. The van der Waals surface area contributed by atoms with Crippen LogP contribution in [0.5, 0.6) is 0 Å². The molecule has 0 saturated heterocycles. The second-order valence-corrected chi connectivity index (χ2v) is 4.68. The molecule has 2 nitrogen and oxygen atoms in total. The van der Waals surface area contributed by atoms with Crippen LogP contribution >= 0.6 is 34.8 Å². The molecule has 0 aromatic rings. The maximum atomic E-state index is 11.1. The second kappa shape index (κ2) is 4.45. The normalized spacial score (nSPS) is 14.1. The fraction of sp³-hybridized carbons (Fsp3) is 0.714. The minimum absolute atomic E-state index is 0.216. The maximum Gasteiger partial charge on any atom is 0.249 e. The fourth-order valence-corrected chi connectivity index (χ4v) is 1.19. The first-order valence-corrected chi connectivity index (χ1v) is 4.57. The van der Waals surface area contributed by atoms with Gasteiger partial charge in [0.2, 0.25) is 3.79 Å². The zero-order valence-corrected chi connectivity index (χ0v) is 9.00. The van der Waals surface area contributed by atoms with Crippen LogP contribution in [0.2, 0.25) is 0 Å². The quantitative estimate of drug-likeness (QED) is 0.552. The number of carbonyl (C=O) groups excluding carboxylic acids is 2. The van der Waals surface area contributed by atoms with E-state index in [0.717, 1.165) is 0 Å². The van der Waals surface area contributed by atoms with E-state index in [1.165, 1.54) is 6.92 Å². The molecule has 0 fully saturated rings. The third-order valence-corrected chi connectivity index (χ3v) is 2.06. The molecule has 0 heterocycles. The zero-order valence-electron chi connectivity index (χ0n) is 6.73. The summed E-state index contributed by atoms with van der Waals surface area (Å²) in [6, 6.07) is 0. The molecule has 0 N–H and O–H groups in total. The van der Waals surface area contributed by atoms with Gasteiger partial charge in [-0.15, -0.1) is 0 Å². The molecule has 0 amide bonds. The highest BCUT2D eigenvalue weighted by Gasteiger charge is 2.36. The number of alkyl halides is 3. The van der Waals surface area contributed by atoms with Crippen molar-refractivity contribution >= 4 is 46.4 Å². The summed E-state index contributed by atoms with van der Waals surface area (Å²) in [5.74, 6) is -1.71. The Hall–Kier alpha value is 0.210. The van der Waals surface area contributed by atoms with E-state index in [1.54, 1.807) is 6.92 Å². The van der Waals surface area contributed by atoms with Gasteiger partial charge in [-0.2, -0.15) is 0 Å². The monoisotopic (exact) mass is 230 g/mol. The number of carbonyl (C=O) groups is 2. The van der Waals surface area contributed by atoms with Crippen LogP contribution in [-0.4, -0.2) is 15.4 Å². The maximum absolute atomic E-state index is 11.1. The summed E-state index contributed by atoms with van der Waals surface area (Å²) in [5, 5.41) is 0. The minimum atomic E-state index is -1.98. The first kappa shape index (κ1) is 12.2. The number of hydrogen-bond acceptors (Lipinski definition) is 2. The average molecular weight is 232 g/mol. The van der Waals surface area contributed by atoms with E-state index in [9.17, 15) is 9.59 Å². The van der Waals surface area contributed by atoms with Gasteiger partial charge in [0.05, 0.1) is 5.92 Å². The molecule has 0 aliphatic rings. The number of rotatable bonds is 3. The summed E-state index contributed by atoms with van der Waals surface area (Å²) < 4.78 is -1.98. The van der Waals surface area contributed by atoms with E-state index in [4.69, 9.17) is 34.8 Å². The zero-order chi connectivity index (χ0) is 9.94. The van der Waals surface area contributed by atoms with Crippen molar-refractivity contribution in [2.75, 3.05) is 0 Å². The number of Topliss-reactive ketones (excluding diaryl/α,β-unsaturated/α-hetero) is 2. The number of ketones is 2. The van der Waals surface area contributed by atoms with Gasteiger partial charge in [0.1, 0.15) is 5.78 Å². The summed E-state index contributed by atoms with van der Waals surface area (Å²) in [5.41, 5.74) is 0. The third-order valence-electron chi connectivity index (χ3n) is 1.50. The van der Waals surface area contributed by atoms with Crippen LogP contribution in [-0.2, 0) is 9.59 Å². The molecule has 0 spiro atoms. The lowest BCUT2D eigenvalue weighted by Crippen LogP contribution is -2.30. The second-order valence-electron chi connectivity index (χ2n) is 2.40. The summed E-state index contributed by atoms with van der Waals surface area (Å²) in [7, 11) is 0. The molecule has 5 heteroatoms. The first-order valence-electron chi connectivity index (χ1n) is 3.44. The standard InChI is InChI=1S/C7H9Cl3O2/c1-3-5(11)4(2)6(12)7(8,9)10/h4H,3H2,1-2H3. The molecule has 70 valence electrons. The molecule has 0 bridgehead atoms. The molecule has 0 aromatic carbocycles. The Morgan fingerprint density at radius 3 is 2.00 bits per heavy atom. The average Bonchev–Trinajstić information content (AvgIpc) is 1.98. The summed E-state index contributed by atoms with van der Waals surface area (Å²) >= 11 is 15.9. The smallest absolute Gasteiger partial charge is 0.249 e. The van der Waals surface area contributed by atoms with Crippen molar-refractivity contribution < 1.29 is 9.59 Å². The lowest BCUT2D eigenvalue weighted by molar-refractivity contribution is -0.131. The highest BCUT2D eigenvalue weighted by Crippen LogP contribution is 2.30. The molecule has 0 saturated carbocycles. The Kier molecular flexibility index (Phi) is 4.53. The minimum Gasteiger partial charge on any atom is -0.299 e. The lowest BCUT2D eigenvalue weighted by atomic mass is 10.0. The van der Waals surface area contributed by atoms with E-state index >= 15 is 0 Å². The molecule has 0 aliphatic carbocycles. The largest absolute Gasteiger partial charge is 0.299 e. The molecule has 1 atom stereocenters. The van der Waals surface area contributed by atoms with Gasteiger partial charge in [-0.05, 0) is 6.92 Å². The first-order chi connectivity index (χ1) is 5.30. The van der Waals surface area contributed by atoms with Crippen LogP contribution in [0, 0.1) is 5.92 Å². The molecule has 0 aromatic heterocycles. The molecule has 0 aliphatic heterocycles. The number of hydrogen-bond donors (Lipinski definition) is 0. The van der Waals surface area contributed by atoms with Crippen LogP contribution < -0.4 is 0 Å². The molecule has 1 unspecified atom stereocenters. The molecular weight excluding hydrogens is 222 g/mol. The summed E-state index contributed by atoms with van der Waals surface area (Å²) in [4.78, 5) is 22.2. The third kappa shape index (κ3) is 3.30. The van der Waals surface area contributed by atoms with Crippen molar-refractivity contribution in [1.82, 2.24) is 0 Å². The van der Waals surface area contributed by atoms with Crippen LogP contribution in [0.4, 0.5) is 0 Å². The lowest BCUT2D eigenvalue weighted by Gasteiger charge is -2.13. The summed E-state index contributed by atoms with van der Waals surface area (Å²) in [6.45, 7) is 3.10. The molecule has 12 heavy (non-hydrogen) atoms. The van der Waals surface area contributed by atoms with Gasteiger partial charge in [0.15, 0.2) is 5.78 Å². The molecule has 0 radical (unpaired) electrons. The highest BCUT2D eigenvalue weighted by atomic mass is 35.6. The van der Waals surface area contributed by atoms with Crippen molar-refractivity contribution in [3.63, 3.8) is 0 Å².